The van der Waals surface area contributed by atoms with Gasteiger partial charge >= 0.3 is 0 Å². The second kappa shape index (κ2) is 7.21. The standard InChI is InChI=1S/C24H19N7/c1-2-6-16(7-3-1)21-14-22(29-28-21)17-10-12-18(13-11-17)26-24-27-20-9-5-4-8-19(20)23-30-25-15-31(23)24/h1-13,15,21,28H,14H2,(H,26,27). The highest BCUT2D eigenvalue weighted by atomic mass is 15.3. The van der Waals surface area contributed by atoms with Gasteiger partial charge in [-0.25, -0.2) is 4.98 Å². The number of para-hydroxylation sites is 1. The number of nitrogens with one attached hydrogen (secondary N) is 2. The molecular formula is C24H19N7. The molecule has 1 aliphatic rings. The van der Waals surface area contributed by atoms with Crippen molar-refractivity contribution in [3.05, 3.63) is 96.3 Å². The molecule has 5 aromatic rings. The van der Waals surface area contributed by atoms with Crippen molar-refractivity contribution in [1.29, 1.82) is 0 Å². The van der Waals surface area contributed by atoms with Crippen LogP contribution in [0.3, 0.4) is 0 Å². The fourth-order valence-corrected chi connectivity index (χ4v) is 3.97. The van der Waals surface area contributed by atoms with E-state index in [0.717, 1.165) is 39.9 Å². The number of aromatic nitrogens is 4. The zero-order valence-electron chi connectivity index (χ0n) is 16.6. The van der Waals surface area contributed by atoms with Gasteiger partial charge in [0.2, 0.25) is 5.95 Å². The summed E-state index contributed by atoms with van der Waals surface area (Å²) in [7, 11) is 0. The van der Waals surface area contributed by atoms with E-state index >= 15 is 0 Å². The molecule has 0 radical (unpaired) electrons. The van der Waals surface area contributed by atoms with Gasteiger partial charge in [0.1, 0.15) is 6.33 Å². The largest absolute Gasteiger partial charge is 0.325 e. The zero-order chi connectivity index (χ0) is 20.6. The van der Waals surface area contributed by atoms with Gasteiger partial charge in [0.05, 0.1) is 17.3 Å². The Balaban J connectivity index is 1.24. The zero-order valence-corrected chi connectivity index (χ0v) is 16.6. The number of fused-ring (bicyclic) bond motifs is 3. The van der Waals surface area contributed by atoms with Crippen LogP contribution in [0.15, 0.2) is 90.3 Å². The lowest BCUT2D eigenvalue weighted by atomic mass is 9.99. The molecule has 3 heterocycles. The number of rotatable bonds is 4. The molecule has 1 unspecified atom stereocenters. The van der Waals surface area contributed by atoms with Crippen LogP contribution in [-0.4, -0.2) is 25.3 Å². The molecule has 0 spiro atoms. The smallest absolute Gasteiger partial charge is 0.215 e. The van der Waals surface area contributed by atoms with E-state index < -0.39 is 0 Å². The van der Waals surface area contributed by atoms with Crippen LogP contribution in [0.4, 0.5) is 11.6 Å². The fourth-order valence-electron chi connectivity index (χ4n) is 3.97. The second-order valence-corrected chi connectivity index (χ2v) is 7.53. The second-order valence-electron chi connectivity index (χ2n) is 7.53. The molecule has 1 atom stereocenters. The first kappa shape index (κ1) is 17.6. The van der Waals surface area contributed by atoms with E-state index in [1.54, 1.807) is 6.33 Å². The van der Waals surface area contributed by atoms with Gasteiger partial charge in [-0.1, -0.05) is 54.6 Å². The molecule has 31 heavy (non-hydrogen) atoms. The van der Waals surface area contributed by atoms with Crippen molar-refractivity contribution in [2.24, 2.45) is 5.10 Å². The number of benzene rings is 3. The van der Waals surface area contributed by atoms with Crippen molar-refractivity contribution < 1.29 is 0 Å². The molecule has 1 aliphatic heterocycles. The van der Waals surface area contributed by atoms with Gasteiger partial charge in [0.25, 0.3) is 0 Å². The van der Waals surface area contributed by atoms with Gasteiger partial charge in [0.15, 0.2) is 5.65 Å². The lowest BCUT2D eigenvalue weighted by molar-refractivity contribution is 0.620. The van der Waals surface area contributed by atoms with Gasteiger partial charge in [-0.05, 0) is 35.4 Å². The van der Waals surface area contributed by atoms with Crippen molar-refractivity contribution in [1.82, 2.24) is 25.0 Å². The minimum absolute atomic E-state index is 0.220. The highest BCUT2D eigenvalue weighted by Gasteiger charge is 2.21. The summed E-state index contributed by atoms with van der Waals surface area (Å²) in [6.45, 7) is 0. The summed E-state index contributed by atoms with van der Waals surface area (Å²) in [6.07, 6.45) is 2.54. The van der Waals surface area contributed by atoms with Crippen molar-refractivity contribution in [3.63, 3.8) is 0 Å². The van der Waals surface area contributed by atoms with Crippen LogP contribution in [0.5, 0.6) is 0 Å². The quantitative estimate of drug-likeness (QED) is 0.461. The summed E-state index contributed by atoms with van der Waals surface area (Å²) in [4.78, 5) is 4.75. The minimum Gasteiger partial charge on any atom is -0.325 e. The van der Waals surface area contributed by atoms with E-state index in [2.05, 4.69) is 62.4 Å². The van der Waals surface area contributed by atoms with Crippen LogP contribution < -0.4 is 10.7 Å². The van der Waals surface area contributed by atoms with Gasteiger partial charge in [0, 0.05) is 17.5 Å². The van der Waals surface area contributed by atoms with Crippen molar-refractivity contribution in [2.45, 2.75) is 12.5 Å². The Morgan fingerprint density at radius 2 is 1.71 bits per heavy atom. The van der Waals surface area contributed by atoms with E-state index in [1.807, 2.05) is 46.9 Å². The third kappa shape index (κ3) is 3.16. The molecule has 0 aliphatic carbocycles. The van der Waals surface area contributed by atoms with Gasteiger partial charge in [-0.15, -0.1) is 10.2 Å². The number of hydrogen-bond acceptors (Lipinski definition) is 6. The third-order valence-electron chi connectivity index (χ3n) is 5.58. The lowest BCUT2D eigenvalue weighted by Crippen LogP contribution is -2.09. The summed E-state index contributed by atoms with van der Waals surface area (Å²) in [6, 6.07) is 26.8. The number of anilines is 2. The van der Waals surface area contributed by atoms with Crippen LogP contribution in [0, 0.1) is 0 Å². The third-order valence-corrected chi connectivity index (χ3v) is 5.58. The van der Waals surface area contributed by atoms with Crippen LogP contribution in [0.2, 0.25) is 0 Å². The Morgan fingerprint density at radius 3 is 2.58 bits per heavy atom. The molecule has 3 aromatic carbocycles. The van der Waals surface area contributed by atoms with E-state index in [9.17, 15) is 0 Å². The fraction of sp³-hybridized carbons (Fsp3) is 0.0833. The van der Waals surface area contributed by atoms with E-state index in [-0.39, 0.29) is 6.04 Å². The van der Waals surface area contributed by atoms with E-state index in [0.29, 0.717) is 5.95 Å². The summed E-state index contributed by atoms with van der Waals surface area (Å²) in [5, 5.41) is 17.2. The van der Waals surface area contributed by atoms with E-state index in [1.165, 1.54) is 5.56 Å². The molecule has 0 saturated heterocycles. The highest BCUT2D eigenvalue weighted by molar-refractivity contribution is 6.02. The molecule has 7 nitrogen and oxygen atoms in total. The molecule has 6 rings (SSSR count). The predicted molar refractivity (Wildman–Crippen MR) is 121 cm³/mol. The Hall–Kier alpha value is -4.26. The van der Waals surface area contributed by atoms with Gasteiger partial charge in [-0.3, -0.25) is 4.40 Å². The van der Waals surface area contributed by atoms with E-state index in [4.69, 9.17) is 4.98 Å². The van der Waals surface area contributed by atoms with Crippen molar-refractivity contribution in [3.8, 4) is 0 Å². The highest BCUT2D eigenvalue weighted by Crippen LogP contribution is 2.26. The molecule has 0 bridgehead atoms. The molecule has 0 fully saturated rings. The first-order chi connectivity index (χ1) is 15.3. The molecule has 0 saturated carbocycles. The predicted octanol–water partition coefficient (Wildman–Crippen LogP) is 4.46. The molecule has 2 aromatic heterocycles. The van der Waals surface area contributed by atoms with Gasteiger partial charge < -0.3 is 10.7 Å². The van der Waals surface area contributed by atoms with Crippen LogP contribution in [0.25, 0.3) is 16.6 Å². The first-order valence-electron chi connectivity index (χ1n) is 10.2. The molecule has 150 valence electrons. The van der Waals surface area contributed by atoms with Crippen molar-refractivity contribution >= 4 is 33.9 Å². The Labute approximate surface area is 178 Å². The first-order valence-corrected chi connectivity index (χ1v) is 10.2. The maximum absolute atomic E-state index is 4.75. The number of nitrogens with zero attached hydrogens (tertiary/aromatic N) is 5. The Morgan fingerprint density at radius 1 is 0.903 bits per heavy atom. The summed E-state index contributed by atoms with van der Waals surface area (Å²) in [5.41, 5.74) is 9.27. The summed E-state index contributed by atoms with van der Waals surface area (Å²) < 4.78 is 1.87. The normalized spacial score (nSPS) is 15.7. The lowest BCUT2D eigenvalue weighted by Gasteiger charge is -2.11. The Kier molecular flexibility index (Phi) is 4.09. The number of hydrazone groups is 1. The molecule has 2 N–H and O–H groups in total. The molecule has 0 amide bonds. The topological polar surface area (TPSA) is 79.5 Å². The van der Waals surface area contributed by atoms with Crippen LogP contribution >= 0.6 is 0 Å². The molecule has 7 heteroatoms. The number of hydrogen-bond donors (Lipinski definition) is 2. The minimum atomic E-state index is 0.220. The maximum atomic E-state index is 4.75. The summed E-state index contributed by atoms with van der Waals surface area (Å²) >= 11 is 0. The maximum Gasteiger partial charge on any atom is 0.215 e. The summed E-state index contributed by atoms with van der Waals surface area (Å²) in [5.74, 6) is 0.676. The van der Waals surface area contributed by atoms with Crippen molar-refractivity contribution in [2.75, 3.05) is 5.32 Å². The average molecular weight is 405 g/mol. The van der Waals surface area contributed by atoms with Gasteiger partial charge in [-0.2, -0.15) is 5.10 Å². The van der Waals surface area contributed by atoms with Crippen LogP contribution in [0.1, 0.15) is 23.6 Å². The monoisotopic (exact) mass is 405 g/mol. The SMILES string of the molecule is c1ccc(C2CC(c3ccc(Nc4nc5ccccc5c5nncn45)cc3)=NN2)cc1. The molecular weight excluding hydrogens is 386 g/mol. The Bertz CT molecular complexity index is 1400. The van der Waals surface area contributed by atoms with Crippen LogP contribution in [-0.2, 0) is 0 Å². The average Bonchev–Trinajstić information content (AvgIpc) is 3.51.